The molecule has 1 saturated heterocycles. The van der Waals surface area contributed by atoms with Crippen molar-refractivity contribution in [3.8, 4) is 5.75 Å². The van der Waals surface area contributed by atoms with Crippen LogP contribution in [0.15, 0.2) is 18.2 Å². The molecule has 1 aromatic carbocycles. The number of ether oxygens (including phenoxy) is 3. The second-order valence-corrected chi connectivity index (χ2v) is 3.67. The van der Waals surface area contributed by atoms with Gasteiger partial charge in [-0.15, -0.1) is 0 Å². The summed E-state index contributed by atoms with van der Waals surface area (Å²) in [5, 5.41) is 1.71. The zero-order valence-corrected chi connectivity index (χ0v) is 10.0. The third-order valence-electron chi connectivity index (χ3n) is 2.22. The van der Waals surface area contributed by atoms with Gasteiger partial charge in [0, 0.05) is 18.2 Å². The number of hydrogen-bond acceptors (Lipinski definition) is 5. The van der Waals surface area contributed by atoms with E-state index in [9.17, 15) is 4.79 Å². The highest BCUT2D eigenvalue weighted by molar-refractivity contribution is 6.30. The van der Waals surface area contributed by atoms with Gasteiger partial charge in [0.25, 0.3) is 6.41 Å². The maximum absolute atomic E-state index is 11.6. The summed E-state index contributed by atoms with van der Waals surface area (Å²) in [4.78, 5) is 11.6. The molecular formula is C10H11ClN2O4. The van der Waals surface area contributed by atoms with Gasteiger partial charge in [0.05, 0.1) is 7.11 Å². The van der Waals surface area contributed by atoms with Crippen LogP contribution in [0.3, 0.4) is 0 Å². The lowest BCUT2D eigenvalue weighted by Gasteiger charge is -2.16. The van der Waals surface area contributed by atoms with Gasteiger partial charge in [-0.05, 0) is 12.1 Å². The van der Waals surface area contributed by atoms with Crippen molar-refractivity contribution in [3.05, 3.63) is 23.2 Å². The summed E-state index contributed by atoms with van der Waals surface area (Å²) in [6, 6.07) is 4.90. The maximum Gasteiger partial charge on any atom is 0.432 e. The maximum atomic E-state index is 11.6. The Morgan fingerprint density at radius 1 is 1.47 bits per heavy atom. The lowest BCUT2D eigenvalue weighted by Crippen LogP contribution is -2.38. The first-order valence-electron chi connectivity index (χ1n) is 4.79. The van der Waals surface area contributed by atoms with E-state index in [1.54, 1.807) is 18.2 Å². The number of methoxy groups -OCH3 is 2. The lowest BCUT2D eigenvalue weighted by atomic mass is 10.3. The van der Waals surface area contributed by atoms with Crippen molar-refractivity contribution >= 4 is 23.4 Å². The standard InChI is InChI=1S/C10H11ClN2O4/c1-15-8-5-6(11)3-4-7(8)13-10(14)17-9(12-13)16-2/h3-5,9,12H,1-2H3. The number of amides is 1. The molecular weight excluding hydrogens is 248 g/mol. The minimum atomic E-state index is -0.803. The fraction of sp³-hybridized carbons (Fsp3) is 0.300. The fourth-order valence-corrected chi connectivity index (χ4v) is 1.60. The van der Waals surface area contributed by atoms with Gasteiger partial charge in [0.15, 0.2) is 0 Å². The van der Waals surface area contributed by atoms with E-state index < -0.39 is 12.5 Å². The Morgan fingerprint density at radius 3 is 2.82 bits per heavy atom. The zero-order chi connectivity index (χ0) is 12.4. The average Bonchev–Trinajstić information content (AvgIpc) is 2.70. The van der Waals surface area contributed by atoms with Crippen molar-refractivity contribution in [1.29, 1.82) is 0 Å². The number of anilines is 1. The van der Waals surface area contributed by atoms with Crippen molar-refractivity contribution in [1.82, 2.24) is 5.43 Å². The van der Waals surface area contributed by atoms with E-state index in [1.807, 2.05) is 0 Å². The third kappa shape index (κ3) is 2.28. The summed E-state index contributed by atoms with van der Waals surface area (Å²) >= 11 is 5.83. The van der Waals surface area contributed by atoms with Crippen LogP contribution in [0, 0.1) is 0 Å². The molecule has 0 saturated carbocycles. The average molecular weight is 259 g/mol. The number of nitrogens with one attached hydrogen (secondary N) is 1. The number of cyclic esters (lactones) is 1. The first-order chi connectivity index (χ1) is 8.15. The SMILES string of the molecule is COc1cc(Cl)ccc1N1NC(OC)OC1=O. The van der Waals surface area contributed by atoms with E-state index >= 15 is 0 Å². The van der Waals surface area contributed by atoms with Gasteiger partial charge in [0.2, 0.25) is 0 Å². The topological polar surface area (TPSA) is 60.0 Å². The van der Waals surface area contributed by atoms with Crippen molar-refractivity contribution in [3.63, 3.8) is 0 Å². The van der Waals surface area contributed by atoms with Crippen LogP contribution in [0.25, 0.3) is 0 Å². The highest BCUT2D eigenvalue weighted by Gasteiger charge is 2.33. The first-order valence-corrected chi connectivity index (χ1v) is 5.16. The largest absolute Gasteiger partial charge is 0.494 e. The summed E-state index contributed by atoms with van der Waals surface area (Å²) < 4.78 is 14.9. The molecule has 1 unspecified atom stereocenters. The van der Waals surface area contributed by atoms with Gasteiger partial charge in [0.1, 0.15) is 11.4 Å². The Morgan fingerprint density at radius 2 is 2.24 bits per heavy atom. The molecule has 0 radical (unpaired) electrons. The summed E-state index contributed by atoms with van der Waals surface area (Å²) in [5.41, 5.74) is 3.22. The van der Waals surface area contributed by atoms with Crippen LogP contribution in [-0.2, 0) is 9.47 Å². The molecule has 6 nitrogen and oxygen atoms in total. The minimum absolute atomic E-state index is 0.457. The van der Waals surface area contributed by atoms with Crippen LogP contribution in [0.2, 0.25) is 5.02 Å². The van der Waals surface area contributed by atoms with Gasteiger partial charge in [-0.1, -0.05) is 11.6 Å². The van der Waals surface area contributed by atoms with Crippen LogP contribution in [0.5, 0.6) is 5.75 Å². The number of carbonyl (C=O) groups excluding carboxylic acids is 1. The lowest BCUT2D eigenvalue weighted by molar-refractivity contribution is -0.0722. The quantitative estimate of drug-likeness (QED) is 0.895. The molecule has 1 aromatic rings. The molecule has 1 aliphatic heterocycles. The van der Waals surface area contributed by atoms with Crippen LogP contribution in [0.1, 0.15) is 0 Å². The molecule has 0 spiro atoms. The highest BCUT2D eigenvalue weighted by atomic mass is 35.5. The van der Waals surface area contributed by atoms with Gasteiger partial charge < -0.3 is 14.2 Å². The van der Waals surface area contributed by atoms with Crippen molar-refractivity contribution in [2.75, 3.05) is 19.2 Å². The Bertz CT molecular complexity index is 440. The van der Waals surface area contributed by atoms with Gasteiger partial charge in [-0.25, -0.2) is 9.80 Å². The second kappa shape index (κ2) is 4.79. The highest BCUT2D eigenvalue weighted by Crippen LogP contribution is 2.32. The molecule has 1 atom stereocenters. The van der Waals surface area contributed by atoms with E-state index in [2.05, 4.69) is 5.43 Å². The number of nitrogens with zero attached hydrogens (tertiary/aromatic N) is 1. The van der Waals surface area contributed by atoms with E-state index in [4.69, 9.17) is 25.8 Å². The fourth-order valence-electron chi connectivity index (χ4n) is 1.43. The van der Waals surface area contributed by atoms with Crippen molar-refractivity contribution in [2.45, 2.75) is 6.41 Å². The number of benzene rings is 1. The number of hydrogen-bond donors (Lipinski definition) is 1. The summed E-state index contributed by atoms with van der Waals surface area (Å²) in [6.07, 6.45) is -1.37. The van der Waals surface area contributed by atoms with Crippen molar-refractivity contribution < 1.29 is 19.0 Å². The molecule has 1 amide bonds. The Labute approximate surface area is 103 Å². The first kappa shape index (κ1) is 12.0. The van der Waals surface area contributed by atoms with Crippen LogP contribution in [-0.4, -0.2) is 26.7 Å². The van der Waals surface area contributed by atoms with Gasteiger partial charge in [-0.3, -0.25) is 0 Å². The Hall–Kier alpha value is -1.50. The summed E-state index contributed by atoms with van der Waals surface area (Å²) in [6.45, 7) is 0. The van der Waals surface area contributed by atoms with Gasteiger partial charge in [-0.2, -0.15) is 5.43 Å². The van der Waals surface area contributed by atoms with Crippen molar-refractivity contribution in [2.24, 2.45) is 0 Å². The molecule has 92 valence electrons. The molecule has 2 rings (SSSR count). The molecule has 0 bridgehead atoms. The smallest absolute Gasteiger partial charge is 0.432 e. The van der Waals surface area contributed by atoms with E-state index in [0.717, 1.165) is 0 Å². The number of carbonyl (C=O) groups is 1. The minimum Gasteiger partial charge on any atom is -0.494 e. The molecule has 17 heavy (non-hydrogen) atoms. The second-order valence-electron chi connectivity index (χ2n) is 3.23. The molecule has 1 aliphatic rings. The number of hydrazine groups is 1. The van der Waals surface area contributed by atoms with E-state index in [1.165, 1.54) is 19.2 Å². The normalized spacial score (nSPS) is 19.4. The monoisotopic (exact) mass is 258 g/mol. The van der Waals surface area contributed by atoms with E-state index in [-0.39, 0.29) is 0 Å². The third-order valence-corrected chi connectivity index (χ3v) is 2.46. The number of halogens is 1. The molecule has 1 fully saturated rings. The molecule has 0 aromatic heterocycles. The molecule has 1 N–H and O–H groups in total. The predicted molar refractivity (Wildman–Crippen MR) is 60.9 cm³/mol. The molecule has 7 heteroatoms. The number of rotatable bonds is 3. The van der Waals surface area contributed by atoms with E-state index in [0.29, 0.717) is 16.5 Å². The summed E-state index contributed by atoms with van der Waals surface area (Å²) in [5.74, 6) is 0.457. The zero-order valence-electron chi connectivity index (χ0n) is 9.27. The predicted octanol–water partition coefficient (Wildman–Crippen LogP) is 1.74. The van der Waals surface area contributed by atoms with Crippen LogP contribution < -0.4 is 15.2 Å². The van der Waals surface area contributed by atoms with Crippen LogP contribution in [0.4, 0.5) is 10.5 Å². The van der Waals surface area contributed by atoms with Crippen LogP contribution >= 0.6 is 11.6 Å². The molecule has 1 heterocycles. The Balaban J connectivity index is 2.31. The Kier molecular flexibility index (Phi) is 3.37. The van der Waals surface area contributed by atoms with Gasteiger partial charge >= 0.3 is 6.09 Å². The summed E-state index contributed by atoms with van der Waals surface area (Å²) in [7, 11) is 2.91. The molecule has 0 aliphatic carbocycles.